The first-order valence-corrected chi connectivity index (χ1v) is 8.31. The van der Waals surface area contributed by atoms with Crippen LogP contribution in [0.5, 0.6) is 0 Å². The number of ether oxygens (including phenoxy) is 1. The summed E-state index contributed by atoms with van der Waals surface area (Å²) < 4.78 is 5.52. The second-order valence-electron chi connectivity index (χ2n) is 6.72. The van der Waals surface area contributed by atoms with Gasteiger partial charge in [-0.05, 0) is 33.2 Å². The second-order valence-corrected chi connectivity index (χ2v) is 7.64. The molecule has 1 atom stereocenters. The highest BCUT2D eigenvalue weighted by molar-refractivity contribution is 9.09. The van der Waals surface area contributed by atoms with E-state index in [0.717, 1.165) is 13.2 Å². The monoisotopic (exact) mass is 344 g/mol. The first-order chi connectivity index (χ1) is 9.97. The van der Waals surface area contributed by atoms with Crippen LogP contribution in [0.4, 0.5) is 0 Å². The van der Waals surface area contributed by atoms with Crippen molar-refractivity contribution in [2.45, 2.75) is 44.2 Å². The molecule has 1 aliphatic heterocycles. The molecular formula is C19H21BrO. The van der Waals surface area contributed by atoms with Gasteiger partial charge < -0.3 is 4.74 Å². The lowest BCUT2D eigenvalue weighted by molar-refractivity contribution is 0.134. The molecule has 0 radical (unpaired) electrons. The fraction of sp³-hybridized carbons (Fsp3) is 0.368. The van der Waals surface area contributed by atoms with Gasteiger partial charge in [0.15, 0.2) is 0 Å². The maximum absolute atomic E-state index is 5.52. The Balaban J connectivity index is 2.01. The van der Waals surface area contributed by atoms with E-state index in [-0.39, 0.29) is 10.2 Å². The summed E-state index contributed by atoms with van der Waals surface area (Å²) in [5, 5.41) is 0. The summed E-state index contributed by atoms with van der Waals surface area (Å²) in [5.74, 6) is 0. The minimum absolute atomic E-state index is 0.141. The molecule has 0 saturated carbocycles. The molecule has 0 aromatic heterocycles. The van der Waals surface area contributed by atoms with Crippen LogP contribution in [0.1, 0.15) is 53.4 Å². The van der Waals surface area contributed by atoms with Crippen LogP contribution in [0, 0.1) is 0 Å². The quantitative estimate of drug-likeness (QED) is 0.653. The number of hydrogen-bond donors (Lipinski definition) is 0. The standard InChI is InChI=1S/C19H21BrO/c1-19(2,3)17-7-5-4-6-16(17)18(20)13-8-9-14-11-21-12-15(14)10-13/h4-10,18H,11-12H2,1-3H3. The van der Waals surface area contributed by atoms with Gasteiger partial charge in [-0.3, -0.25) is 0 Å². The predicted octanol–water partition coefficient (Wildman–Crippen LogP) is 5.50. The SMILES string of the molecule is CC(C)(C)c1ccccc1C(Br)c1ccc2c(c1)COC2. The topological polar surface area (TPSA) is 9.23 Å². The van der Waals surface area contributed by atoms with Crippen LogP contribution in [0.15, 0.2) is 42.5 Å². The summed E-state index contributed by atoms with van der Waals surface area (Å²) in [5.41, 5.74) is 6.83. The average molecular weight is 345 g/mol. The van der Waals surface area contributed by atoms with Gasteiger partial charge in [-0.1, -0.05) is 79.2 Å². The van der Waals surface area contributed by atoms with Crippen LogP contribution in [0.25, 0.3) is 0 Å². The average Bonchev–Trinajstić information content (AvgIpc) is 2.93. The van der Waals surface area contributed by atoms with E-state index < -0.39 is 0 Å². The Labute approximate surface area is 135 Å². The van der Waals surface area contributed by atoms with Crippen molar-refractivity contribution in [3.63, 3.8) is 0 Å². The van der Waals surface area contributed by atoms with Crippen LogP contribution in [-0.4, -0.2) is 0 Å². The molecule has 0 aliphatic carbocycles. The molecule has 2 heteroatoms. The Kier molecular flexibility index (Phi) is 3.94. The lowest BCUT2D eigenvalue weighted by Gasteiger charge is -2.25. The highest BCUT2D eigenvalue weighted by atomic mass is 79.9. The van der Waals surface area contributed by atoms with Gasteiger partial charge in [-0.25, -0.2) is 0 Å². The van der Waals surface area contributed by atoms with Crippen molar-refractivity contribution in [2.24, 2.45) is 0 Å². The van der Waals surface area contributed by atoms with E-state index in [1.54, 1.807) is 0 Å². The molecule has 1 heterocycles. The van der Waals surface area contributed by atoms with Gasteiger partial charge in [0.2, 0.25) is 0 Å². The van der Waals surface area contributed by atoms with E-state index >= 15 is 0 Å². The Hall–Kier alpha value is -1.12. The van der Waals surface area contributed by atoms with E-state index in [4.69, 9.17) is 4.74 Å². The molecule has 0 fully saturated rings. The van der Waals surface area contributed by atoms with Crippen LogP contribution >= 0.6 is 15.9 Å². The summed E-state index contributed by atoms with van der Waals surface area (Å²) in [6.45, 7) is 8.29. The molecule has 0 amide bonds. The first kappa shape index (κ1) is 14.8. The zero-order valence-electron chi connectivity index (χ0n) is 12.8. The number of fused-ring (bicyclic) bond motifs is 1. The fourth-order valence-corrected chi connectivity index (χ4v) is 3.61. The van der Waals surface area contributed by atoms with Crippen molar-refractivity contribution >= 4 is 15.9 Å². The molecule has 1 aliphatic rings. The van der Waals surface area contributed by atoms with Crippen LogP contribution < -0.4 is 0 Å². The van der Waals surface area contributed by atoms with Crippen LogP contribution in [0.3, 0.4) is 0 Å². The first-order valence-electron chi connectivity index (χ1n) is 7.40. The summed E-state index contributed by atoms with van der Waals surface area (Å²) in [4.78, 5) is 0.221. The zero-order valence-corrected chi connectivity index (χ0v) is 14.4. The normalized spacial score (nSPS) is 15.8. The van der Waals surface area contributed by atoms with Gasteiger partial charge >= 0.3 is 0 Å². The predicted molar refractivity (Wildman–Crippen MR) is 90.8 cm³/mol. The Morgan fingerprint density at radius 2 is 1.71 bits per heavy atom. The number of hydrogen-bond acceptors (Lipinski definition) is 1. The van der Waals surface area contributed by atoms with Crippen LogP contribution in [-0.2, 0) is 23.4 Å². The lowest BCUT2D eigenvalue weighted by Crippen LogP contribution is -2.15. The molecular weight excluding hydrogens is 324 g/mol. The number of alkyl halides is 1. The van der Waals surface area contributed by atoms with Crippen molar-refractivity contribution in [3.05, 3.63) is 70.3 Å². The molecule has 0 saturated heterocycles. The summed E-state index contributed by atoms with van der Waals surface area (Å²) in [6, 6.07) is 15.4. The number of rotatable bonds is 2. The Morgan fingerprint density at radius 3 is 2.48 bits per heavy atom. The highest BCUT2D eigenvalue weighted by Crippen LogP contribution is 2.38. The number of halogens is 1. The lowest BCUT2D eigenvalue weighted by atomic mass is 9.82. The van der Waals surface area contributed by atoms with E-state index in [2.05, 4.69) is 79.2 Å². The fourth-order valence-electron chi connectivity index (χ4n) is 2.93. The summed E-state index contributed by atoms with van der Waals surface area (Å²) >= 11 is 3.90. The third-order valence-electron chi connectivity index (χ3n) is 4.08. The minimum Gasteiger partial charge on any atom is -0.372 e. The summed E-state index contributed by atoms with van der Waals surface area (Å²) in [6.07, 6.45) is 0. The van der Waals surface area contributed by atoms with Crippen molar-refractivity contribution in [3.8, 4) is 0 Å². The van der Waals surface area contributed by atoms with Crippen molar-refractivity contribution in [1.29, 1.82) is 0 Å². The zero-order chi connectivity index (χ0) is 15.0. The molecule has 0 spiro atoms. The maximum atomic E-state index is 5.52. The molecule has 110 valence electrons. The second kappa shape index (κ2) is 5.58. The van der Waals surface area contributed by atoms with Gasteiger partial charge in [0.05, 0.1) is 18.0 Å². The Bertz CT molecular complexity index is 655. The third kappa shape index (κ3) is 2.93. The van der Waals surface area contributed by atoms with E-state index in [1.165, 1.54) is 27.8 Å². The molecule has 21 heavy (non-hydrogen) atoms. The maximum Gasteiger partial charge on any atom is 0.0725 e. The third-order valence-corrected chi connectivity index (χ3v) is 5.10. The molecule has 1 unspecified atom stereocenters. The van der Waals surface area contributed by atoms with Crippen molar-refractivity contribution < 1.29 is 4.74 Å². The van der Waals surface area contributed by atoms with E-state index in [9.17, 15) is 0 Å². The van der Waals surface area contributed by atoms with Gasteiger partial charge in [0, 0.05) is 0 Å². The molecule has 2 aromatic carbocycles. The van der Waals surface area contributed by atoms with Crippen molar-refractivity contribution in [2.75, 3.05) is 0 Å². The largest absolute Gasteiger partial charge is 0.372 e. The van der Waals surface area contributed by atoms with Crippen LogP contribution in [0.2, 0.25) is 0 Å². The van der Waals surface area contributed by atoms with Gasteiger partial charge in [-0.15, -0.1) is 0 Å². The molecule has 0 bridgehead atoms. The smallest absolute Gasteiger partial charge is 0.0725 e. The summed E-state index contributed by atoms with van der Waals surface area (Å²) in [7, 11) is 0. The number of benzene rings is 2. The Morgan fingerprint density at radius 1 is 1.00 bits per heavy atom. The van der Waals surface area contributed by atoms with Crippen molar-refractivity contribution in [1.82, 2.24) is 0 Å². The van der Waals surface area contributed by atoms with E-state index in [0.29, 0.717) is 0 Å². The van der Waals surface area contributed by atoms with Gasteiger partial charge in [0.25, 0.3) is 0 Å². The minimum atomic E-state index is 0.141. The molecule has 1 nitrogen and oxygen atoms in total. The van der Waals surface area contributed by atoms with E-state index in [1.807, 2.05) is 0 Å². The molecule has 2 aromatic rings. The highest BCUT2D eigenvalue weighted by Gasteiger charge is 2.23. The molecule has 0 N–H and O–H groups in total. The molecule has 3 rings (SSSR count). The van der Waals surface area contributed by atoms with Gasteiger partial charge in [0.1, 0.15) is 0 Å². The van der Waals surface area contributed by atoms with Gasteiger partial charge in [-0.2, -0.15) is 0 Å².